The molecule has 2 fully saturated rings. The predicted molar refractivity (Wildman–Crippen MR) is 96.6 cm³/mol. The minimum Gasteiger partial charge on any atom is -0.466 e. The molecule has 0 N–H and O–H groups in total. The maximum absolute atomic E-state index is 12.3. The van der Waals surface area contributed by atoms with Gasteiger partial charge in [-0.1, -0.05) is 12.1 Å². The van der Waals surface area contributed by atoms with Crippen molar-refractivity contribution in [1.29, 1.82) is 0 Å². The molecule has 1 unspecified atom stereocenters. The van der Waals surface area contributed by atoms with Crippen LogP contribution in [0, 0.1) is 0 Å². The van der Waals surface area contributed by atoms with E-state index < -0.39 is 6.10 Å². The highest BCUT2D eigenvalue weighted by Gasteiger charge is 2.27. The Hall–Kier alpha value is -1.69. The summed E-state index contributed by atoms with van der Waals surface area (Å²) < 4.78 is 10.7. The van der Waals surface area contributed by atoms with Crippen molar-refractivity contribution in [3.8, 4) is 0 Å². The van der Waals surface area contributed by atoms with Gasteiger partial charge in [-0.05, 0) is 50.3 Å². The van der Waals surface area contributed by atoms with E-state index >= 15 is 0 Å². The van der Waals surface area contributed by atoms with Crippen molar-refractivity contribution in [3.63, 3.8) is 0 Å². The van der Waals surface area contributed by atoms with Gasteiger partial charge in [0.1, 0.15) is 6.10 Å². The highest BCUT2D eigenvalue weighted by molar-refractivity contribution is 8.00. The molecule has 136 valence electrons. The fourth-order valence-corrected chi connectivity index (χ4v) is 3.88. The van der Waals surface area contributed by atoms with Crippen LogP contribution in [0.3, 0.4) is 0 Å². The molecule has 0 radical (unpaired) electrons. The van der Waals surface area contributed by atoms with Gasteiger partial charge in [0, 0.05) is 23.2 Å². The number of carbonyl (C=O) groups is 2. The van der Waals surface area contributed by atoms with Gasteiger partial charge in [0.25, 0.3) is 0 Å². The average Bonchev–Trinajstić information content (AvgIpc) is 3.24. The van der Waals surface area contributed by atoms with Crippen LogP contribution in [-0.2, 0) is 14.3 Å². The summed E-state index contributed by atoms with van der Waals surface area (Å²) in [5.41, 5.74) is 0.834. The number of benzene rings is 1. The van der Waals surface area contributed by atoms with Gasteiger partial charge in [0.15, 0.2) is 0 Å². The predicted octanol–water partition coefficient (Wildman–Crippen LogP) is 4.17. The fraction of sp³-hybridized carbons (Fsp3) is 0.579. The van der Waals surface area contributed by atoms with Crippen LogP contribution in [0.25, 0.3) is 0 Å². The highest BCUT2D eigenvalue weighted by Crippen LogP contribution is 2.39. The summed E-state index contributed by atoms with van der Waals surface area (Å²) in [7, 11) is 0. The van der Waals surface area contributed by atoms with E-state index in [1.807, 2.05) is 36.0 Å². The molecule has 0 aromatic heterocycles. The van der Waals surface area contributed by atoms with E-state index in [1.54, 1.807) is 11.8 Å². The number of carbonyl (C=O) groups excluding carboxylic acids is 2. The quantitative estimate of drug-likeness (QED) is 0.681. The summed E-state index contributed by atoms with van der Waals surface area (Å²) in [6.07, 6.45) is 3.67. The summed E-state index contributed by atoms with van der Waals surface area (Å²) in [5, 5.41) is 0.745. The van der Waals surface area contributed by atoms with Crippen LogP contribution in [0.15, 0.2) is 29.2 Å². The molecule has 1 heterocycles. The third kappa shape index (κ3) is 5.39. The minimum atomic E-state index is -0.605. The Balaban J connectivity index is 1.67. The van der Waals surface area contributed by atoms with E-state index in [1.165, 1.54) is 17.7 Å². The molecule has 0 bridgehead atoms. The van der Waals surface area contributed by atoms with Crippen LogP contribution in [0.5, 0.6) is 0 Å². The molecule has 1 aromatic rings. The molecule has 6 heteroatoms. The van der Waals surface area contributed by atoms with Crippen LogP contribution < -0.4 is 0 Å². The molecule has 1 atom stereocenters. The first-order valence-corrected chi connectivity index (χ1v) is 9.91. The second-order valence-electron chi connectivity index (χ2n) is 6.46. The molecular formula is C19H25NO4S. The molecule has 1 saturated heterocycles. The topological polar surface area (TPSA) is 55.8 Å². The second-order valence-corrected chi connectivity index (χ2v) is 7.84. The van der Waals surface area contributed by atoms with Crippen LogP contribution in [-0.4, -0.2) is 41.9 Å². The number of esters is 1. The van der Waals surface area contributed by atoms with Crippen LogP contribution in [0.1, 0.15) is 50.7 Å². The fourth-order valence-electron chi connectivity index (χ4n) is 2.83. The van der Waals surface area contributed by atoms with Gasteiger partial charge in [0.2, 0.25) is 0 Å². The zero-order chi connectivity index (χ0) is 17.6. The smallest absolute Gasteiger partial charge is 0.410 e. The van der Waals surface area contributed by atoms with E-state index in [4.69, 9.17) is 9.47 Å². The molecule has 0 spiro atoms. The first-order chi connectivity index (χ1) is 12.2. The maximum Gasteiger partial charge on any atom is 0.410 e. The lowest BCUT2D eigenvalue weighted by molar-refractivity contribution is -0.145. The van der Waals surface area contributed by atoms with Gasteiger partial charge < -0.3 is 14.4 Å². The van der Waals surface area contributed by atoms with Crippen LogP contribution in [0.4, 0.5) is 4.79 Å². The number of hydrogen-bond donors (Lipinski definition) is 0. The summed E-state index contributed by atoms with van der Waals surface area (Å²) in [4.78, 5) is 27.2. The van der Waals surface area contributed by atoms with Gasteiger partial charge in [-0.15, -0.1) is 11.8 Å². The average molecular weight is 363 g/mol. The van der Waals surface area contributed by atoms with Crippen LogP contribution in [0.2, 0.25) is 0 Å². The van der Waals surface area contributed by atoms with E-state index in [2.05, 4.69) is 0 Å². The van der Waals surface area contributed by atoms with Gasteiger partial charge in [-0.3, -0.25) is 4.79 Å². The lowest BCUT2D eigenvalue weighted by Gasteiger charge is -2.22. The number of ether oxygens (including phenoxy) is 2. The SMILES string of the molecule is CCOC(=O)CC(OC(=O)N1CCCC1)c1ccc(SC2CC2)cc1. The molecule has 1 aliphatic heterocycles. The minimum absolute atomic E-state index is 0.0442. The van der Waals surface area contributed by atoms with E-state index in [-0.39, 0.29) is 18.5 Å². The second kappa shape index (κ2) is 8.61. The number of hydrogen-bond acceptors (Lipinski definition) is 5. The summed E-state index contributed by atoms with van der Waals surface area (Å²) in [6, 6.07) is 7.98. The Morgan fingerprint density at radius 2 is 1.88 bits per heavy atom. The normalized spacial score (nSPS) is 18.0. The molecular weight excluding hydrogens is 338 g/mol. The first-order valence-electron chi connectivity index (χ1n) is 9.03. The number of amides is 1. The van der Waals surface area contributed by atoms with Crippen molar-refractivity contribution in [2.45, 2.75) is 55.3 Å². The molecule has 25 heavy (non-hydrogen) atoms. The Morgan fingerprint density at radius 3 is 2.48 bits per heavy atom. The zero-order valence-corrected chi connectivity index (χ0v) is 15.4. The first kappa shape index (κ1) is 18.1. The largest absolute Gasteiger partial charge is 0.466 e. The van der Waals surface area contributed by atoms with E-state index in [0.29, 0.717) is 6.61 Å². The number of nitrogens with zero attached hydrogens (tertiary/aromatic N) is 1. The molecule has 3 rings (SSSR count). The lowest BCUT2D eigenvalue weighted by Crippen LogP contribution is -2.30. The van der Waals surface area contributed by atoms with Gasteiger partial charge >= 0.3 is 12.1 Å². The maximum atomic E-state index is 12.3. The van der Waals surface area contributed by atoms with Gasteiger partial charge in [-0.2, -0.15) is 0 Å². The number of likely N-dealkylation sites (tertiary alicyclic amines) is 1. The molecule has 1 aromatic carbocycles. The van der Waals surface area contributed by atoms with Crippen molar-refractivity contribution >= 4 is 23.8 Å². The molecule has 1 amide bonds. The van der Waals surface area contributed by atoms with Gasteiger partial charge in [-0.25, -0.2) is 4.79 Å². The van der Waals surface area contributed by atoms with Crippen molar-refractivity contribution in [2.75, 3.05) is 19.7 Å². The zero-order valence-electron chi connectivity index (χ0n) is 14.6. The number of thioether (sulfide) groups is 1. The summed E-state index contributed by atoms with van der Waals surface area (Å²) in [6.45, 7) is 3.54. The summed E-state index contributed by atoms with van der Waals surface area (Å²) >= 11 is 1.88. The molecule has 1 saturated carbocycles. The third-order valence-electron chi connectivity index (χ3n) is 4.34. The molecule has 5 nitrogen and oxygen atoms in total. The lowest BCUT2D eigenvalue weighted by atomic mass is 10.1. The van der Waals surface area contributed by atoms with E-state index in [9.17, 15) is 9.59 Å². The Kier molecular flexibility index (Phi) is 6.24. The van der Waals surface area contributed by atoms with Crippen molar-refractivity contribution in [3.05, 3.63) is 29.8 Å². The van der Waals surface area contributed by atoms with Crippen LogP contribution >= 0.6 is 11.8 Å². The van der Waals surface area contributed by atoms with Crippen molar-refractivity contribution in [1.82, 2.24) is 4.90 Å². The summed E-state index contributed by atoms with van der Waals surface area (Å²) in [5.74, 6) is -0.349. The Bertz CT molecular complexity index is 594. The highest BCUT2D eigenvalue weighted by atomic mass is 32.2. The Labute approximate surface area is 153 Å². The van der Waals surface area contributed by atoms with Crippen molar-refractivity contribution in [2.24, 2.45) is 0 Å². The monoisotopic (exact) mass is 363 g/mol. The van der Waals surface area contributed by atoms with Crippen molar-refractivity contribution < 1.29 is 19.1 Å². The van der Waals surface area contributed by atoms with Gasteiger partial charge in [0.05, 0.1) is 13.0 Å². The molecule has 1 aliphatic carbocycles. The third-order valence-corrected chi connectivity index (χ3v) is 5.69. The molecule has 2 aliphatic rings. The Morgan fingerprint density at radius 1 is 1.20 bits per heavy atom. The standard InChI is InChI=1S/C19H25NO4S/c1-2-23-18(21)13-17(24-19(22)20-11-3-4-12-20)14-5-7-15(8-6-14)25-16-9-10-16/h5-8,16-17H,2-4,9-13H2,1H3. The number of rotatable bonds is 7. The van der Waals surface area contributed by atoms with E-state index in [0.717, 1.165) is 36.7 Å².